The number of carbonyl (C=O) groups excluding carboxylic acids is 2. The van der Waals surface area contributed by atoms with Crippen molar-refractivity contribution >= 4 is 27.5 Å². The highest BCUT2D eigenvalue weighted by Crippen LogP contribution is 2.32. The van der Waals surface area contributed by atoms with Crippen molar-refractivity contribution in [2.75, 3.05) is 18.1 Å². The molecule has 0 unspecified atom stereocenters. The van der Waals surface area contributed by atoms with Crippen LogP contribution >= 0.6 is 0 Å². The zero-order valence-corrected chi connectivity index (χ0v) is 18.3. The molecule has 0 fully saturated rings. The van der Waals surface area contributed by atoms with E-state index in [0.29, 0.717) is 0 Å². The van der Waals surface area contributed by atoms with Gasteiger partial charge in [0.2, 0.25) is 0 Å². The first-order chi connectivity index (χ1) is 14.7. The smallest absolute Gasteiger partial charge is 0.379 e. The average Bonchev–Trinajstić information content (AvgIpc) is 2.71. The van der Waals surface area contributed by atoms with Crippen molar-refractivity contribution in [1.29, 1.82) is 0 Å². The number of hydrogen-bond donors (Lipinski definition) is 3. The molecule has 174 valence electrons. The largest absolute Gasteiger partial charge is 0.433 e. The van der Waals surface area contributed by atoms with Crippen LogP contribution in [-0.2, 0) is 27.2 Å². The summed E-state index contributed by atoms with van der Waals surface area (Å²) < 4.78 is 64.7. The Balaban J connectivity index is 2.23. The third-order valence-electron chi connectivity index (χ3n) is 4.53. The molecule has 0 radical (unpaired) electrons. The number of carbonyl (C=O) groups is 2. The molecule has 2 amide bonds. The second kappa shape index (κ2) is 9.25. The molecule has 1 aromatic carbocycles. The first kappa shape index (κ1) is 25.3. The summed E-state index contributed by atoms with van der Waals surface area (Å²) in [6.45, 7) is 2.44. The second-order valence-corrected chi connectivity index (χ2v) is 9.14. The Morgan fingerprint density at radius 3 is 2.19 bits per heavy atom. The van der Waals surface area contributed by atoms with Gasteiger partial charge in [0.25, 0.3) is 11.8 Å². The fourth-order valence-corrected chi connectivity index (χ4v) is 4.40. The molecule has 1 heterocycles. The lowest BCUT2D eigenvalue weighted by molar-refractivity contribution is -0.141. The highest BCUT2D eigenvalue weighted by atomic mass is 32.2. The van der Waals surface area contributed by atoms with Crippen molar-refractivity contribution in [2.45, 2.75) is 36.9 Å². The number of sulfone groups is 1. The van der Waals surface area contributed by atoms with Crippen molar-refractivity contribution < 1.29 is 36.3 Å². The summed E-state index contributed by atoms with van der Waals surface area (Å²) in [5.41, 5.74) is -3.54. The summed E-state index contributed by atoms with van der Waals surface area (Å²) in [6.07, 6.45) is -4.69. The van der Waals surface area contributed by atoms with Gasteiger partial charge in [-0.2, -0.15) is 13.2 Å². The van der Waals surface area contributed by atoms with Crippen LogP contribution in [0.4, 0.5) is 19.0 Å². The number of nitrogens with one attached hydrogen (secondary N) is 2. The van der Waals surface area contributed by atoms with Crippen LogP contribution in [0.1, 0.15) is 35.5 Å². The molecule has 2 aromatic rings. The van der Waals surface area contributed by atoms with E-state index in [-0.39, 0.29) is 22.4 Å². The van der Waals surface area contributed by atoms with Gasteiger partial charge in [0, 0.05) is 12.6 Å². The molecule has 3 N–H and O–H groups in total. The molecule has 2 rings (SSSR count). The maximum atomic E-state index is 13.2. The van der Waals surface area contributed by atoms with Crippen LogP contribution in [0.15, 0.2) is 41.3 Å². The lowest BCUT2D eigenvalue weighted by Crippen LogP contribution is -2.46. The van der Waals surface area contributed by atoms with Gasteiger partial charge in [-0.1, -0.05) is 13.0 Å². The van der Waals surface area contributed by atoms with E-state index in [1.807, 2.05) is 5.32 Å². The molecule has 32 heavy (non-hydrogen) atoms. The van der Waals surface area contributed by atoms with E-state index in [4.69, 9.17) is 0 Å². The normalized spacial score (nSPS) is 13.8. The fraction of sp³-hybridized carbons (Fsp3) is 0.350. The average molecular weight is 473 g/mol. The summed E-state index contributed by atoms with van der Waals surface area (Å²) >= 11 is 0. The second-order valence-electron chi connectivity index (χ2n) is 7.15. The maximum Gasteiger partial charge on any atom is 0.433 e. The van der Waals surface area contributed by atoms with Gasteiger partial charge in [-0.05, 0) is 49.2 Å². The number of pyridine rings is 1. The number of aromatic nitrogens is 1. The molecule has 0 aliphatic carbocycles. The summed E-state index contributed by atoms with van der Waals surface area (Å²) in [5, 5.41) is 14.9. The van der Waals surface area contributed by atoms with E-state index < -0.39 is 50.7 Å². The zero-order valence-electron chi connectivity index (χ0n) is 17.4. The molecule has 0 bridgehead atoms. The number of amides is 2. The van der Waals surface area contributed by atoms with E-state index in [0.717, 1.165) is 31.2 Å². The van der Waals surface area contributed by atoms with Crippen LogP contribution < -0.4 is 10.6 Å². The van der Waals surface area contributed by atoms with Crippen molar-refractivity contribution in [3.63, 3.8) is 0 Å². The van der Waals surface area contributed by atoms with Gasteiger partial charge in [-0.25, -0.2) is 13.4 Å². The Hall–Kier alpha value is -2.99. The number of anilines is 1. The van der Waals surface area contributed by atoms with Gasteiger partial charge in [-0.15, -0.1) is 0 Å². The lowest BCUT2D eigenvalue weighted by Gasteiger charge is -2.22. The predicted molar refractivity (Wildman–Crippen MR) is 110 cm³/mol. The third kappa shape index (κ3) is 5.82. The number of aryl methyl sites for hydroxylation is 1. The summed E-state index contributed by atoms with van der Waals surface area (Å²) in [6, 6.07) is 7.10. The molecule has 0 saturated carbocycles. The van der Waals surface area contributed by atoms with Crippen LogP contribution in [0.3, 0.4) is 0 Å². The highest BCUT2D eigenvalue weighted by molar-refractivity contribution is 7.91. The van der Waals surface area contributed by atoms with E-state index >= 15 is 0 Å². The Bertz CT molecular complexity index is 1110. The summed E-state index contributed by atoms with van der Waals surface area (Å²) in [5.74, 6) is -3.20. The van der Waals surface area contributed by atoms with Gasteiger partial charge in [0.05, 0.1) is 10.6 Å². The van der Waals surface area contributed by atoms with E-state index in [1.54, 1.807) is 0 Å². The minimum Gasteiger partial charge on any atom is -0.379 e. The first-order valence-electron chi connectivity index (χ1n) is 9.37. The summed E-state index contributed by atoms with van der Waals surface area (Å²) in [7, 11) is -2.78. The van der Waals surface area contributed by atoms with Gasteiger partial charge in [-0.3, -0.25) is 9.59 Å². The predicted octanol–water partition coefficient (Wildman–Crippen LogP) is 2.19. The fourth-order valence-electron chi connectivity index (χ4n) is 2.82. The van der Waals surface area contributed by atoms with Gasteiger partial charge < -0.3 is 15.7 Å². The third-order valence-corrected chi connectivity index (χ3v) is 6.47. The number of rotatable bonds is 7. The SMILES string of the molecule is CCc1ccc(NC(=O)[C@@](C)(O)CS(=O)(=O)c2ccc(C(=O)NC)cc2)nc1C(F)(F)F. The monoisotopic (exact) mass is 473 g/mol. The maximum absolute atomic E-state index is 13.2. The van der Waals surface area contributed by atoms with E-state index in [2.05, 4.69) is 10.3 Å². The molecular weight excluding hydrogens is 451 g/mol. The van der Waals surface area contributed by atoms with Crippen LogP contribution in [0.5, 0.6) is 0 Å². The minimum atomic E-state index is -4.75. The Morgan fingerprint density at radius 1 is 1.09 bits per heavy atom. The van der Waals surface area contributed by atoms with Gasteiger partial charge in [0.1, 0.15) is 11.5 Å². The topological polar surface area (TPSA) is 125 Å². The molecule has 1 aromatic heterocycles. The van der Waals surface area contributed by atoms with Crippen molar-refractivity contribution in [1.82, 2.24) is 10.3 Å². The number of aliphatic hydroxyl groups is 1. The molecule has 0 aliphatic heterocycles. The number of halogens is 3. The number of alkyl halides is 3. The number of benzene rings is 1. The zero-order chi connectivity index (χ0) is 24.3. The van der Waals surface area contributed by atoms with Crippen molar-refractivity contribution in [3.05, 3.63) is 53.2 Å². The molecule has 0 spiro atoms. The van der Waals surface area contributed by atoms with Crippen LogP contribution in [-0.4, -0.2) is 48.7 Å². The van der Waals surface area contributed by atoms with Gasteiger partial charge in [0.15, 0.2) is 15.4 Å². The van der Waals surface area contributed by atoms with Gasteiger partial charge >= 0.3 is 6.18 Å². The van der Waals surface area contributed by atoms with E-state index in [1.165, 1.54) is 26.1 Å². The Labute approximate surface area is 182 Å². The van der Waals surface area contributed by atoms with Crippen molar-refractivity contribution in [2.24, 2.45) is 0 Å². The van der Waals surface area contributed by atoms with Crippen molar-refractivity contribution in [3.8, 4) is 0 Å². The van der Waals surface area contributed by atoms with E-state index in [9.17, 15) is 36.3 Å². The first-order valence-corrected chi connectivity index (χ1v) is 11.0. The van der Waals surface area contributed by atoms with Crippen LogP contribution in [0.25, 0.3) is 0 Å². The Kier molecular flexibility index (Phi) is 7.30. The molecule has 1 atom stereocenters. The number of hydrogen-bond acceptors (Lipinski definition) is 6. The molecular formula is C20H22F3N3O5S. The lowest BCUT2D eigenvalue weighted by atomic mass is 10.1. The van der Waals surface area contributed by atoms with Crippen LogP contribution in [0, 0.1) is 0 Å². The molecule has 0 aliphatic rings. The Morgan fingerprint density at radius 2 is 1.69 bits per heavy atom. The summed E-state index contributed by atoms with van der Waals surface area (Å²) in [4.78, 5) is 27.2. The minimum absolute atomic E-state index is 0.0603. The quantitative estimate of drug-likeness (QED) is 0.566. The molecule has 12 heteroatoms. The highest BCUT2D eigenvalue weighted by Gasteiger charge is 2.38. The number of nitrogens with zero attached hydrogens (tertiary/aromatic N) is 1. The standard InChI is InChI=1S/C20H22F3N3O5S/c1-4-12-7-10-15(25-16(12)20(21,22)23)26-18(28)19(2,29)11-32(30,31)14-8-5-13(6-9-14)17(27)24-3/h5-10,29H,4,11H2,1-3H3,(H,24,27)(H,25,26,28)/t19-/m0/s1. The van der Waals surface area contributed by atoms with Crippen LogP contribution in [0.2, 0.25) is 0 Å². The molecule has 8 nitrogen and oxygen atoms in total. The molecule has 0 saturated heterocycles.